The molecule has 0 atom stereocenters. The van der Waals surface area contributed by atoms with Gasteiger partial charge in [-0.2, -0.15) is 5.26 Å². The molecule has 0 aliphatic carbocycles. The Morgan fingerprint density at radius 3 is 2.69 bits per heavy atom. The summed E-state index contributed by atoms with van der Waals surface area (Å²) in [7, 11) is 1.71. The van der Waals surface area contributed by atoms with Crippen molar-refractivity contribution >= 4 is 23.2 Å². The van der Waals surface area contributed by atoms with Crippen LogP contribution in [0.2, 0.25) is 5.02 Å². The minimum atomic E-state index is -0.153. The maximum absolute atomic E-state index is 11.5. The zero-order valence-corrected chi connectivity index (χ0v) is 9.66. The molecule has 1 amide bonds. The number of halogens is 1. The van der Waals surface area contributed by atoms with Crippen molar-refractivity contribution in [2.75, 3.05) is 25.5 Å². The molecule has 16 heavy (non-hydrogen) atoms. The van der Waals surface area contributed by atoms with Crippen LogP contribution in [0.1, 0.15) is 0 Å². The molecule has 4 nitrogen and oxygen atoms in total. The first kappa shape index (κ1) is 12.5. The molecule has 0 saturated carbocycles. The van der Waals surface area contributed by atoms with E-state index in [0.29, 0.717) is 10.7 Å². The van der Waals surface area contributed by atoms with E-state index in [4.69, 9.17) is 16.9 Å². The molecular weight excluding hydrogens is 226 g/mol. The monoisotopic (exact) mass is 237 g/mol. The van der Waals surface area contributed by atoms with E-state index in [1.165, 1.54) is 0 Å². The van der Waals surface area contributed by atoms with Crippen molar-refractivity contribution in [3.63, 3.8) is 0 Å². The fourth-order valence-corrected chi connectivity index (χ4v) is 1.28. The van der Waals surface area contributed by atoms with Crippen LogP contribution >= 0.6 is 11.6 Å². The number of amides is 1. The summed E-state index contributed by atoms with van der Waals surface area (Å²) in [6, 6.07) is 8.84. The van der Waals surface area contributed by atoms with Gasteiger partial charge in [0.15, 0.2) is 0 Å². The normalized spacial score (nSPS) is 9.88. The standard InChI is InChI=1S/C11H12ClN3O/c1-15(7-6-13)8-11(16)14-10-4-2-9(12)3-5-10/h2-5H,7-8H2,1H3,(H,14,16). The first-order valence-electron chi connectivity index (χ1n) is 4.72. The number of nitriles is 1. The molecule has 1 aromatic carbocycles. The lowest BCUT2D eigenvalue weighted by Gasteiger charge is -2.12. The third-order valence-corrected chi connectivity index (χ3v) is 2.13. The second-order valence-electron chi connectivity index (χ2n) is 3.39. The summed E-state index contributed by atoms with van der Waals surface area (Å²) < 4.78 is 0. The van der Waals surface area contributed by atoms with Crippen molar-refractivity contribution in [1.29, 1.82) is 5.26 Å². The van der Waals surface area contributed by atoms with Gasteiger partial charge in [0, 0.05) is 10.7 Å². The van der Waals surface area contributed by atoms with Crippen LogP contribution in [0.3, 0.4) is 0 Å². The Balaban J connectivity index is 2.46. The molecule has 0 unspecified atom stereocenters. The van der Waals surface area contributed by atoms with E-state index in [9.17, 15) is 4.79 Å². The Morgan fingerprint density at radius 2 is 2.12 bits per heavy atom. The highest BCUT2D eigenvalue weighted by atomic mass is 35.5. The van der Waals surface area contributed by atoms with E-state index < -0.39 is 0 Å². The molecule has 1 aromatic rings. The number of carbonyl (C=O) groups is 1. The molecule has 0 aliphatic rings. The molecule has 0 heterocycles. The molecular formula is C11H12ClN3O. The highest BCUT2D eigenvalue weighted by molar-refractivity contribution is 6.30. The average Bonchev–Trinajstić information content (AvgIpc) is 2.21. The van der Waals surface area contributed by atoms with E-state index in [0.717, 1.165) is 0 Å². The van der Waals surface area contributed by atoms with Gasteiger partial charge in [-0.15, -0.1) is 0 Å². The van der Waals surface area contributed by atoms with Crippen LogP contribution in [0.25, 0.3) is 0 Å². The van der Waals surface area contributed by atoms with Crippen molar-refractivity contribution in [1.82, 2.24) is 4.90 Å². The fraction of sp³-hybridized carbons (Fsp3) is 0.273. The Morgan fingerprint density at radius 1 is 1.50 bits per heavy atom. The highest BCUT2D eigenvalue weighted by Crippen LogP contribution is 2.13. The Kier molecular flexibility index (Phi) is 4.77. The molecule has 0 bridgehead atoms. The van der Waals surface area contributed by atoms with Crippen LogP contribution in [-0.2, 0) is 4.79 Å². The van der Waals surface area contributed by atoms with Crippen molar-refractivity contribution in [3.05, 3.63) is 29.3 Å². The summed E-state index contributed by atoms with van der Waals surface area (Å²) in [5.41, 5.74) is 0.694. The lowest BCUT2D eigenvalue weighted by Crippen LogP contribution is -2.30. The quantitative estimate of drug-likeness (QED) is 0.812. The van der Waals surface area contributed by atoms with Crippen LogP contribution in [-0.4, -0.2) is 30.9 Å². The van der Waals surface area contributed by atoms with Crippen molar-refractivity contribution in [2.45, 2.75) is 0 Å². The van der Waals surface area contributed by atoms with Gasteiger partial charge >= 0.3 is 0 Å². The van der Waals surface area contributed by atoms with E-state index in [2.05, 4.69) is 5.32 Å². The maximum atomic E-state index is 11.5. The van der Waals surface area contributed by atoms with Gasteiger partial charge in [-0.1, -0.05) is 11.6 Å². The fourth-order valence-electron chi connectivity index (χ4n) is 1.16. The minimum Gasteiger partial charge on any atom is -0.325 e. The second-order valence-corrected chi connectivity index (χ2v) is 3.82. The zero-order chi connectivity index (χ0) is 12.0. The molecule has 1 N–H and O–H groups in total. The minimum absolute atomic E-state index is 0.153. The third-order valence-electron chi connectivity index (χ3n) is 1.88. The summed E-state index contributed by atoms with van der Waals surface area (Å²) in [5.74, 6) is -0.153. The SMILES string of the molecule is CN(CC#N)CC(=O)Nc1ccc(Cl)cc1. The van der Waals surface area contributed by atoms with E-state index in [1.807, 2.05) is 6.07 Å². The van der Waals surface area contributed by atoms with Gasteiger partial charge in [-0.3, -0.25) is 9.69 Å². The van der Waals surface area contributed by atoms with Gasteiger partial charge < -0.3 is 5.32 Å². The van der Waals surface area contributed by atoms with Crippen LogP contribution in [0, 0.1) is 11.3 Å². The number of nitrogens with zero attached hydrogens (tertiary/aromatic N) is 2. The molecule has 0 aromatic heterocycles. The van der Waals surface area contributed by atoms with E-state index >= 15 is 0 Å². The highest BCUT2D eigenvalue weighted by Gasteiger charge is 2.05. The topological polar surface area (TPSA) is 56.1 Å². The van der Waals surface area contributed by atoms with Crippen molar-refractivity contribution < 1.29 is 4.79 Å². The van der Waals surface area contributed by atoms with Gasteiger partial charge in [-0.25, -0.2) is 0 Å². The molecule has 0 radical (unpaired) electrons. The smallest absolute Gasteiger partial charge is 0.238 e. The molecule has 0 aliphatic heterocycles. The number of rotatable bonds is 4. The van der Waals surface area contributed by atoms with Gasteiger partial charge in [0.1, 0.15) is 0 Å². The number of benzene rings is 1. The first-order valence-corrected chi connectivity index (χ1v) is 5.10. The number of carbonyl (C=O) groups excluding carboxylic acids is 1. The number of hydrogen-bond donors (Lipinski definition) is 1. The third kappa shape index (κ3) is 4.30. The summed E-state index contributed by atoms with van der Waals surface area (Å²) in [5, 5.41) is 11.8. The van der Waals surface area contributed by atoms with Crippen LogP contribution in [0.15, 0.2) is 24.3 Å². The summed E-state index contributed by atoms with van der Waals surface area (Å²) in [4.78, 5) is 13.1. The van der Waals surface area contributed by atoms with Gasteiger partial charge in [-0.05, 0) is 31.3 Å². The van der Waals surface area contributed by atoms with Gasteiger partial charge in [0.25, 0.3) is 0 Å². The number of likely N-dealkylation sites (N-methyl/N-ethyl adjacent to an activating group) is 1. The Hall–Kier alpha value is -1.57. The molecule has 0 spiro atoms. The molecule has 1 rings (SSSR count). The lowest BCUT2D eigenvalue weighted by molar-refractivity contribution is -0.116. The van der Waals surface area contributed by atoms with E-state index in [-0.39, 0.29) is 19.0 Å². The predicted molar refractivity (Wildman–Crippen MR) is 63.2 cm³/mol. The van der Waals surface area contributed by atoms with E-state index in [1.54, 1.807) is 36.2 Å². The molecule has 84 valence electrons. The maximum Gasteiger partial charge on any atom is 0.238 e. The van der Waals surface area contributed by atoms with Crippen molar-refractivity contribution in [2.24, 2.45) is 0 Å². The molecule has 5 heteroatoms. The first-order chi connectivity index (χ1) is 7.61. The van der Waals surface area contributed by atoms with Crippen LogP contribution < -0.4 is 5.32 Å². The van der Waals surface area contributed by atoms with Gasteiger partial charge in [0.2, 0.25) is 5.91 Å². The summed E-state index contributed by atoms with van der Waals surface area (Å²) in [6.45, 7) is 0.421. The number of nitrogens with one attached hydrogen (secondary N) is 1. The van der Waals surface area contributed by atoms with Gasteiger partial charge in [0.05, 0.1) is 19.2 Å². The molecule has 0 saturated heterocycles. The molecule has 0 fully saturated rings. The van der Waals surface area contributed by atoms with Crippen molar-refractivity contribution in [3.8, 4) is 6.07 Å². The van der Waals surface area contributed by atoms with Crippen LogP contribution in [0.5, 0.6) is 0 Å². The Bertz CT molecular complexity index is 397. The number of anilines is 1. The average molecular weight is 238 g/mol. The second kappa shape index (κ2) is 6.11. The Labute approximate surface area is 99.4 Å². The summed E-state index contributed by atoms with van der Waals surface area (Å²) in [6.07, 6.45) is 0. The van der Waals surface area contributed by atoms with Crippen LogP contribution in [0.4, 0.5) is 5.69 Å². The predicted octanol–water partition coefficient (Wildman–Crippen LogP) is 1.73. The number of hydrogen-bond acceptors (Lipinski definition) is 3. The summed E-state index contributed by atoms with van der Waals surface area (Å²) >= 11 is 5.72. The zero-order valence-electron chi connectivity index (χ0n) is 8.90. The lowest BCUT2D eigenvalue weighted by atomic mass is 10.3. The largest absolute Gasteiger partial charge is 0.325 e.